The summed E-state index contributed by atoms with van der Waals surface area (Å²) in [5.41, 5.74) is 3.62. The van der Waals surface area contributed by atoms with Gasteiger partial charge in [0.2, 0.25) is 0 Å². The molecule has 0 N–H and O–H groups in total. The molecule has 3 aromatic rings. The first-order chi connectivity index (χ1) is 14.2. The average Bonchev–Trinajstić information content (AvgIpc) is 2.80. The number of carbonyl (C=O) groups is 1. The monoisotopic (exact) mass is 382 g/mol. The summed E-state index contributed by atoms with van der Waals surface area (Å²) in [6, 6.07) is 23.7. The second-order valence-corrected chi connectivity index (χ2v) is 7.11. The van der Waals surface area contributed by atoms with Crippen LogP contribution in [0.1, 0.15) is 27.0 Å². The number of nitriles is 1. The van der Waals surface area contributed by atoms with E-state index in [0.29, 0.717) is 31.7 Å². The highest BCUT2D eigenvalue weighted by Crippen LogP contribution is 2.19. The average molecular weight is 382 g/mol. The molecular formula is C24H22N4O. The van der Waals surface area contributed by atoms with E-state index in [1.54, 1.807) is 18.3 Å². The van der Waals surface area contributed by atoms with Gasteiger partial charge >= 0.3 is 0 Å². The highest BCUT2D eigenvalue weighted by molar-refractivity contribution is 5.96. The summed E-state index contributed by atoms with van der Waals surface area (Å²) in [6.07, 6.45) is 2.40. The van der Waals surface area contributed by atoms with Crippen LogP contribution in [0.4, 0.5) is 5.82 Å². The van der Waals surface area contributed by atoms with E-state index in [1.807, 2.05) is 47.4 Å². The third kappa shape index (κ3) is 4.27. The van der Waals surface area contributed by atoms with Gasteiger partial charge < -0.3 is 9.80 Å². The first-order valence-corrected chi connectivity index (χ1v) is 9.77. The van der Waals surface area contributed by atoms with Crippen molar-refractivity contribution in [2.75, 3.05) is 31.1 Å². The number of pyridine rings is 1. The maximum absolute atomic E-state index is 13.2. The molecule has 29 heavy (non-hydrogen) atoms. The second-order valence-electron chi connectivity index (χ2n) is 7.11. The Morgan fingerprint density at radius 2 is 1.69 bits per heavy atom. The van der Waals surface area contributed by atoms with Gasteiger partial charge in [0.15, 0.2) is 0 Å². The van der Waals surface area contributed by atoms with Gasteiger partial charge in [0.05, 0.1) is 11.6 Å². The molecule has 1 saturated heterocycles. The fourth-order valence-corrected chi connectivity index (χ4v) is 3.67. The van der Waals surface area contributed by atoms with Gasteiger partial charge in [0.25, 0.3) is 5.91 Å². The molecule has 0 atom stereocenters. The first kappa shape index (κ1) is 18.7. The van der Waals surface area contributed by atoms with Crippen LogP contribution in [0.25, 0.3) is 0 Å². The topological polar surface area (TPSA) is 60.2 Å². The Bertz CT molecular complexity index is 1030. The summed E-state index contributed by atoms with van der Waals surface area (Å²) in [4.78, 5) is 21.6. The van der Waals surface area contributed by atoms with Crippen molar-refractivity contribution in [2.24, 2.45) is 0 Å². The largest absolute Gasteiger partial charge is 0.353 e. The fourth-order valence-electron chi connectivity index (χ4n) is 3.67. The lowest BCUT2D eigenvalue weighted by molar-refractivity contribution is 0.0745. The van der Waals surface area contributed by atoms with Crippen LogP contribution in [0.15, 0.2) is 72.9 Å². The van der Waals surface area contributed by atoms with E-state index in [2.05, 4.69) is 28.1 Å². The van der Waals surface area contributed by atoms with Crippen molar-refractivity contribution in [3.8, 4) is 6.07 Å². The van der Waals surface area contributed by atoms with Crippen molar-refractivity contribution in [3.05, 3.63) is 95.2 Å². The Hall–Kier alpha value is -3.65. The molecule has 1 amide bonds. The predicted molar refractivity (Wildman–Crippen MR) is 113 cm³/mol. The quantitative estimate of drug-likeness (QED) is 0.693. The molecule has 0 bridgehead atoms. The van der Waals surface area contributed by atoms with Gasteiger partial charge in [0.1, 0.15) is 5.82 Å². The summed E-state index contributed by atoms with van der Waals surface area (Å²) >= 11 is 0. The molecule has 0 spiro atoms. The van der Waals surface area contributed by atoms with E-state index < -0.39 is 0 Å². The van der Waals surface area contributed by atoms with Crippen molar-refractivity contribution in [1.82, 2.24) is 9.88 Å². The molecule has 0 radical (unpaired) electrons. The minimum atomic E-state index is 0.0786. The molecule has 0 unspecified atom stereocenters. The van der Waals surface area contributed by atoms with E-state index in [-0.39, 0.29) is 5.91 Å². The van der Waals surface area contributed by atoms with Gasteiger partial charge in [-0.15, -0.1) is 0 Å². The van der Waals surface area contributed by atoms with Crippen LogP contribution in [-0.2, 0) is 6.42 Å². The number of benzene rings is 2. The molecule has 5 heteroatoms. The molecule has 2 heterocycles. The van der Waals surface area contributed by atoms with E-state index in [4.69, 9.17) is 5.26 Å². The molecule has 1 fully saturated rings. The van der Waals surface area contributed by atoms with Crippen LogP contribution in [-0.4, -0.2) is 42.0 Å². The summed E-state index contributed by atoms with van der Waals surface area (Å²) in [5, 5.41) is 9.08. The maximum Gasteiger partial charge on any atom is 0.254 e. The first-order valence-electron chi connectivity index (χ1n) is 9.77. The lowest BCUT2D eigenvalue weighted by atomic mass is 9.99. The van der Waals surface area contributed by atoms with Crippen molar-refractivity contribution in [1.29, 1.82) is 5.26 Å². The SMILES string of the molecule is N#Cc1ccnc(N2CCN(C(=O)c3ccccc3Cc3ccccc3)CC2)c1. The molecule has 2 aromatic carbocycles. The van der Waals surface area contributed by atoms with E-state index in [1.165, 1.54) is 5.56 Å². The number of hydrogen-bond donors (Lipinski definition) is 0. The van der Waals surface area contributed by atoms with Crippen LogP contribution in [0, 0.1) is 11.3 Å². The van der Waals surface area contributed by atoms with Crippen LogP contribution in [0.5, 0.6) is 0 Å². The van der Waals surface area contributed by atoms with Crippen LogP contribution < -0.4 is 4.90 Å². The van der Waals surface area contributed by atoms with Gasteiger partial charge in [-0.25, -0.2) is 4.98 Å². The lowest BCUT2D eigenvalue weighted by Gasteiger charge is -2.35. The third-order valence-electron chi connectivity index (χ3n) is 5.25. The third-order valence-corrected chi connectivity index (χ3v) is 5.25. The predicted octanol–water partition coefficient (Wildman–Crippen LogP) is 3.51. The molecule has 1 aromatic heterocycles. The number of carbonyl (C=O) groups excluding carboxylic acids is 1. The van der Waals surface area contributed by atoms with E-state index in [0.717, 1.165) is 23.4 Å². The Labute approximate surface area is 170 Å². The van der Waals surface area contributed by atoms with Crippen molar-refractivity contribution in [2.45, 2.75) is 6.42 Å². The van der Waals surface area contributed by atoms with Crippen molar-refractivity contribution in [3.63, 3.8) is 0 Å². The van der Waals surface area contributed by atoms with Gasteiger partial charge in [-0.3, -0.25) is 4.79 Å². The van der Waals surface area contributed by atoms with Gasteiger partial charge in [-0.05, 0) is 35.7 Å². The molecule has 0 saturated carbocycles. The molecular weight excluding hydrogens is 360 g/mol. The van der Waals surface area contributed by atoms with Gasteiger partial charge in [-0.2, -0.15) is 5.26 Å². The Morgan fingerprint density at radius 3 is 2.45 bits per heavy atom. The number of hydrogen-bond acceptors (Lipinski definition) is 4. The molecule has 1 aliphatic heterocycles. The molecule has 4 rings (SSSR count). The van der Waals surface area contributed by atoms with Crippen molar-refractivity contribution >= 4 is 11.7 Å². The second kappa shape index (κ2) is 8.57. The highest BCUT2D eigenvalue weighted by atomic mass is 16.2. The zero-order valence-corrected chi connectivity index (χ0v) is 16.2. The number of aromatic nitrogens is 1. The molecule has 0 aliphatic carbocycles. The Balaban J connectivity index is 1.46. The summed E-state index contributed by atoms with van der Waals surface area (Å²) in [5.74, 6) is 0.871. The molecule has 5 nitrogen and oxygen atoms in total. The summed E-state index contributed by atoms with van der Waals surface area (Å²) in [6.45, 7) is 2.68. The highest BCUT2D eigenvalue weighted by Gasteiger charge is 2.24. The molecule has 1 aliphatic rings. The standard InChI is InChI=1S/C24H22N4O/c25-18-20-10-11-26-23(17-20)27-12-14-28(15-13-27)24(29)22-9-5-4-8-21(22)16-19-6-2-1-3-7-19/h1-11,17H,12-16H2. The van der Waals surface area contributed by atoms with E-state index >= 15 is 0 Å². The number of nitrogens with zero attached hydrogens (tertiary/aromatic N) is 4. The Kier molecular flexibility index (Phi) is 5.53. The zero-order valence-electron chi connectivity index (χ0n) is 16.2. The van der Waals surface area contributed by atoms with Crippen LogP contribution in [0.2, 0.25) is 0 Å². The summed E-state index contributed by atoms with van der Waals surface area (Å²) < 4.78 is 0. The minimum Gasteiger partial charge on any atom is -0.353 e. The lowest BCUT2D eigenvalue weighted by Crippen LogP contribution is -2.49. The number of rotatable bonds is 4. The number of anilines is 1. The zero-order chi connectivity index (χ0) is 20.1. The van der Waals surface area contributed by atoms with Gasteiger partial charge in [0, 0.05) is 37.9 Å². The summed E-state index contributed by atoms with van der Waals surface area (Å²) in [7, 11) is 0. The fraction of sp³-hybridized carbons (Fsp3) is 0.208. The van der Waals surface area contributed by atoms with Gasteiger partial charge in [-0.1, -0.05) is 48.5 Å². The smallest absolute Gasteiger partial charge is 0.254 e. The van der Waals surface area contributed by atoms with Crippen LogP contribution >= 0.6 is 0 Å². The maximum atomic E-state index is 13.2. The van der Waals surface area contributed by atoms with Crippen molar-refractivity contribution < 1.29 is 4.79 Å². The Morgan fingerprint density at radius 1 is 0.966 bits per heavy atom. The molecule has 144 valence electrons. The van der Waals surface area contributed by atoms with E-state index in [9.17, 15) is 4.79 Å². The minimum absolute atomic E-state index is 0.0786. The number of piperazine rings is 1. The number of amides is 1. The normalized spacial score (nSPS) is 13.8. The van der Waals surface area contributed by atoms with Crippen LogP contribution in [0.3, 0.4) is 0 Å².